The van der Waals surface area contributed by atoms with Crippen molar-refractivity contribution >= 4 is 0 Å². The van der Waals surface area contributed by atoms with E-state index >= 15 is 0 Å². The minimum absolute atomic E-state index is 0. The molecule has 13 radical (unpaired) electrons. The molecule has 3 aliphatic rings. The zero-order chi connectivity index (χ0) is 17.1. The van der Waals surface area contributed by atoms with Crippen LogP contribution in [0.4, 0.5) is 0 Å². The zero-order valence-corrected chi connectivity index (χ0v) is 19.1. The second-order valence-electron chi connectivity index (χ2n) is 5.98. The van der Waals surface area contributed by atoms with Crippen molar-refractivity contribution in [2.75, 3.05) is 13.2 Å². The van der Waals surface area contributed by atoms with Crippen LogP contribution in [0.5, 0.6) is 0 Å². The summed E-state index contributed by atoms with van der Waals surface area (Å²) in [5, 5.41) is 0. The Labute approximate surface area is 186 Å². The molecule has 129 valence electrons. The van der Waals surface area contributed by atoms with Crippen LogP contribution in [0.15, 0.2) is 0 Å². The maximum atomic E-state index is 4.94. The standard InChI is InChI=1S/C10H15.C8H8.C4H8O.Nd/c1-6-7(2)9(4)10(5)8(6)3;1-2-4-6-8-7-5-3-1;1-2-4-5-3-1;/h1-5H3;1-8H;1-4H2;. The average Bonchev–Trinajstić information content (AvgIpc) is 3.15. The van der Waals surface area contributed by atoms with Crippen molar-refractivity contribution in [3.05, 3.63) is 81.0 Å². The summed E-state index contributed by atoms with van der Waals surface area (Å²) >= 11 is 0. The molecule has 0 aromatic carbocycles. The average molecular weight is 456 g/mol. The van der Waals surface area contributed by atoms with E-state index in [1.807, 2.05) is 51.4 Å². The maximum absolute atomic E-state index is 4.94. The third-order valence-corrected chi connectivity index (χ3v) is 4.53. The minimum atomic E-state index is 0. The molecular formula is C22H31NdO. The zero-order valence-electron chi connectivity index (χ0n) is 15.9. The molecule has 1 nitrogen and oxygen atoms in total. The van der Waals surface area contributed by atoms with E-state index in [1.165, 1.54) is 42.4 Å². The molecule has 0 spiro atoms. The van der Waals surface area contributed by atoms with Crippen molar-refractivity contribution in [3.8, 4) is 0 Å². The first-order valence-electron chi connectivity index (χ1n) is 8.49. The van der Waals surface area contributed by atoms with Crippen molar-refractivity contribution in [3.63, 3.8) is 0 Å². The Hall–Kier alpha value is 1.31. The van der Waals surface area contributed by atoms with Gasteiger partial charge in [0.1, 0.15) is 0 Å². The predicted molar refractivity (Wildman–Crippen MR) is 99.0 cm³/mol. The maximum Gasteiger partial charge on any atom is 0.0466 e. The summed E-state index contributed by atoms with van der Waals surface area (Å²) in [7, 11) is 0. The molecule has 0 amide bonds. The molecule has 0 unspecified atom stereocenters. The van der Waals surface area contributed by atoms with Gasteiger partial charge in [0.2, 0.25) is 0 Å². The SMILES string of the molecule is C1CCOC1.C[C]1[C](C)[C](C)[C](C)[C]1C.[CH]1[CH][CH][CH][CH][CH][CH][CH]1.[Nd]. The van der Waals surface area contributed by atoms with Crippen molar-refractivity contribution in [1.29, 1.82) is 0 Å². The molecular weight excluding hydrogens is 424 g/mol. The molecule has 0 bridgehead atoms. The minimum Gasteiger partial charge on any atom is -0.381 e. The molecule has 2 heteroatoms. The van der Waals surface area contributed by atoms with E-state index in [9.17, 15) is 0 Å². The third kappa shape index (κ3) is 9.86. The quantitative estimate of drug-likeness (QED) is 0.475. The van der Waals surface area contributed by atoms with Crippen LogP contribution in [0.3, 0.4) is 0 Å². The fraction of sp³-hybridized carbons (Fsp3) is 0.409. The van der Waals surface area contributed by atoms with Gasteiger partial charge >= 0.3 is 0 Å². The van der Waals surface area contributed by atoms with Gasteiger partial charge in [-0.3, -0.25) is 0 Å². The Balaban J connectivity index is 0.000000340. The Morgan fingerprint density at radius 1 is 0.500 bits per heavy atom. The van der Waals surface area contributed by atoms with Crippen molar-refractivity contribution in [2.45, 2.75) is 47.5 Å². The summed E-state index contributed by atoms with van der Waals surface area (Å²) in [6.45, 7) is 13.0. The van der Waals surface area contributed by atoms with Crippen LogP contribution in [-0.2, 0) is 4.74 Å². The van der Waals surface area contributed by atoms with Gasteiger partial charge in [-0.1, -0.05) is 34.6 Å². The summed E-state index contributed by atoms with van der Waals surface area (Å²) < 4.78 is 4.94. The summed E-state index contributed by atoms with van der Waals surface area (Å²) in [5.41, 5.74) is 0. The van der Waals surface area contributed by atoms with E-state index < -0.39 is 0 Å². The van der Waals surface area contributed by atoms with Gasteiger partial charge in [-0.05, 0) is 93.8 Å². The van der Waals surface area contributed by atoms with Gasteiger partial charge in [0.15, 0.2) is 0 Å². The first-order valence-corrected chi connectivity index (χ1v) is 8.49. The number of rotatable bonds is 0. The topological polar surface area (TPSA) is 9.23 Å². The first kappa shape index (κ1) is 25.3. The second kappa shape index (κ2) is 15.4. The second-order valence-corrected chi connectivity index (χ2v) is 5.98. The van der Waals surface area contributed by atoms with Crippen LogP contribution < -0.4 is 0 Å². The fourth-order valence-corrected chi connectivity index (χ4v) is 2.43. The Bertz CT molecular complexity index is 201. The van der Waals surface area contributed by atoms with Crippen LogP contribution in [0.1, 0.15) is 47.5 Å². The molecule has 2 aliphatic carbocycles. The number of hydrogen-bond donors (Lipinski definition) is 0. The van der Waals surface area contributed by atoms with Gasteiger partial charge in [0.05, 0.1) is 0 Å². The van der Waals surface area contributed by atoms with Gasteiger partial charge in [-0.25, -0.2) is 0 Å². The van der Waals surface area contributed by atoms with E-state index in [-0.39, 0.29) is 40.8 Å². The molecule has 2 saturated carbocycles. The Kier molecular flexibility index (Phi) is 16.2. The third-order valence-electron chi connectivity index (χ3n) is 4.53. The number of ether oxygens (including phenoxy) is 1. The fourth-order valence-electron chi connectivity index (χ4n) is 2.43. The molecule has 0 atom stereocenters. The summed E-state index contributed by atoms with van der Waals surface area (Å²) in [4.78, 5) is 0. The van der Waals surface area contributed by atoms with Crippen LogP contribution >= 0.6 is 0 Å². The van der Waals surface area contributed by atoms with E-state index in [1.54, 1.807) is 0 Å². The van der Waals surface area contributed by atoms with Gasteiger partial charge in [0.25, 0.3) is 0 Å². The Morgan fingerprint density at radius 2 is 0.708 bits per heavy atom. The molecule has 0 aromatic rings. The molecule has 0 N–H and O–H groups in total. The molecule has 1 heterocycles. The molecule has 0 aromatic heterocycles. The molecule has 24 heavy (non-hydrogen) atoms. The predicted octanol–water partition coefficient (Wildman–Crippen LogP) is 5.40. The van der Waals surface area contributed by atoms with Gasteiger partial charge < -0.3 is 4.74 Å². The smallest absolute Gasteiger partial charge is 0.0466 e. The van der Waals surface area contributed by atoms with Gasteiger partial charge in [0, 0.05) is 54.1 Å². The summed E-state index contributed by atoms with van der Waals surface area (Å²) in [6.07, 6.45) is 18.6. The van der Waals surface area contributed by atoms with Crippen molar-refractivity contribution in [2.24, 2.45) is 0 Å². The van der Waals surface area contributed by atoms with Crippen LogP contribution in [0, 0.1) is 122 Å². The molecule has 3 fully saturated rings. The summed E-state index contributed by atoms with van der Waals surface area (Å²) in [6, 6.07) is 0. The Morgan fingerprint density at radius 3 is 0.833 bits per heavy atom. The van der Waals surface area contributed by atoms with Crippen molar-refractivity contribution < 1.29 is 45.6 Å². The number of hydrogen-bond acceptors (Lipinski definition) is 1. The van der Waals surface area contributed by atoms with Crippen LogP contribution in [-0.4, -0.2) is 13.2 Å². The first-order chi connectivity index (χ1) is 11.1. The van der Waals surface area contributed by atoms with Crippen molar-refractivity contribution in [1.82, 2.24) is 0 Å². The molecule has 3 rings (SSSR count). The molecule has 1 saturated heterocycles. The van der Waals surface area contributed by atoms with Crippen LogP contribution in [0.2, 0.25) is 0 Å². The van der Waals surface area contributed by atoms with Gasteiger partial charge in [-0.15, -0.1) is 0 Å². The molecule has 1 aliphatic heterocycles. The monoisotopic (exact) mass is 453 g/mol. The van der Waals surface area contributed by atoms with E-state index in [4.69, 9.17) is 4.74 Å². The van der Waals surface area contributed by atoms with Crippen LogP contribution in [0.25, 0.3) is 0 Å². The normalized spacial score (nSPS) is 24.9. The van der Waals surface area contributed by atoms with Gasteiger partial charge in [-0.2, -0.15) is 0 Å². The summed E-state index contributed by atoms with van der Waals surface area (Å²) in [5.74, 6) is 7.34. The largest absolute Gasteiger partial charge is 0.381 e. The van der Waals surface area contributed by atoms with E-state index in [2.05, 4.69) is 34.6 Å². The van der Waals surface area contributed by atoms with E-state index in [0.29, 0.717) is 0 Å². The van der Waals surface area contributed by atoms with E-state index in [0.717, 1.165) is 13.2 Å².